The number of anilines is 1. The molecule has 1 rings (SSSR count). The Bertz CT molecular complexity index is 301. The van der Waals surface area contributed by atoms with Crippen LogP contribution in [0.15, 0.2) is 24.3 Å². The average Bonchev–Trinajstić information content (AvgIpc) is 2.33. The standard InChI is InChI=1S/C8H16O2.C6H7NO/c1-2-3-4-5-6-7-8(9)10;7-5-1-3-6(8)4-2-5/h2-7H2,1H3,(H,9,10);1-4,8H,7H2. The number of unbranched alkanes of at least 4 members (excludes halogenated alkanes) is 4. The van der Waals surface area contributed by atoms with Gasteiger partial charge in [0.15, 0.2) is 0 Å². The number of carbonyl (C=O) groups is 1. The monoisotopic (exact) mass is 253 g/mol. The number of aromatic hydroxyl groups is 1. The van der Waals surface area contributed by atoms with Gasteiger partial charge in [0.2, 0.25) is 0 Å². The van der Waals surface area contributed by atoms with Crippen LogP contribution in [0.25, 0.3) is 0 Å². The lowest BCUT2D eigenvalue weighted by Crippen LogP contribution is -1.93. The molecular formula is C14H23NO3. The first kappa shape index (κ1) is 16.3. The molecule has 0 fully saturated rings. The summed E-state index contributed by atoms with van der Waals surface area (Å²) in [5, 5.41) is 17.0. The molecule has 0 aliphatic rings. The Morgan fingerprint density at radius 1 is 1.11 bits per heavy atom. The Balaban J connectivity index is 0.000000327. The van der Waals surface area contributed by atoms with Gasteiger partial charge < -0.3 is 15.9 Å². The van der Waals surface area contributed by atoms with Crippen molar-refractivity contribution < 1.29 is 15.0 Å². The van der Waals surface area contributed by atoms with Gasteiger partial charge in [0.1, 0.15) is 5.75 Å². The van der Waals surface area contributed by atoms with Crippen LogP contribution in [0.3, 0.4) is 0 Å². The van der Waals surface area contributed by atoms with Gasteiger partial charge in [-0.05, 0) is 30.7 Å². The second kappa shape index (κ2) is 10.4. The second-order valence-corrected chi connectivity index (χ2v) is 4.15. The van der Waals surface area contributed by atoms with E-state index in [1.54, 1.807) is 24.3 Å². The molecule has 4 heteroatoms. The van der Waals surface area contributed by atoms with Crippen molar-refractivity contribution in [2.45, 2.75) is 45.4 Å². The van der Waals surface area contributed by atoms with Gasteiger partial charge >= 0.3 is 5.97 Å². The quantitative estimate of drug-likeness (QED) is 0.412. The lowest BCUT2D eigenvalue weighted by atomic mass is 10.1. The summed E-state index contributed by atoms with van der Waals surface area (Å²) in [5.74, 6) is -0.421. The molecule has 102 valence electrons. The number of phenols is 1. The van der Waals surface area contributed by atoms with E-state index in [4.69, 9.17) is 15.9 Å². The van der Waals surface area contributed by atoms with Crippen molar-refractivity contribution >= 4 is 11.7 Å². The van der Waals surface area contributed by atoms with Gasteiger partial charge in [-0.15, -0.1) is 0 Å². The number of carboxylic acids is 1. The minimum absolute atomic E-state index is 0.249. The van der Waals surface area contributed by atoms with E-state index < -0.39 is 5.97 Å². The predicted octanol–water partition coefficient (Wildman–Crippen LogP) is 3.41. The number of phenolic OH excluding ortho intramolecular Hbond substituents is 1. The zero-order valence-electron chi connectivity index (χ0n) is 10.9. The fraction of sp³-hybridized carbons (Fsp3) is 0.500. The van der Waals surface area contributed by atoms with Gasteiger partial charge in [-0.3, -0.25) is 4.79 Å². The molecule has 0 saturated heterocycles. The van der Waals surface area contributed by atoms with Crippen LogP contribution < -0.4 is 5.73 Å². The summed E-state index contributed by atoms with van der Waals surface area (Å²) in [4.78, 5) is 10.0. The Morgan fingerprint density at radius 2 is 1.67 bits per heavy atom. The van der Waals surface area contributed by atoms with Crippen molar-refractivity contribution in [2.75, 3.05) is 5.73 Å². The van der Waals surface area contributed by atoms with Crippen molar-refractivity contribution in [3.8, 4) is 5.75 Å². The molecular weight excluding hydrogens is 230 g/mol. The molecule has 4 N–H and O–H groups in total. The first-order valence-corrected chi connectivity index (χ1v) is 6.32. The number of nitrogen functional groups attached to an aromatic ring is 1. The zero-order valence-corrected chi connectivity index (χ0v) is 10.9. The third-order valence-corrected chi connectivity index (χ3v) is 2.39. The summed E-state index contributed by atoms with van der Waals surface area (Å²) in [5.41, 5.74) is 5.98. The van der Waals surface area contributed by atoms with Crippen molar-refractivity contribution in [1.82, 2.24) is 0 Å². The molecule has 1 aromatic rings. The Labute approximate surface area is 108 Å². The SMILES string of the molecule is CCCCCCCC(=O)O.Nc1ccc(O)cc1. The molecule has 0 heterocycles. The minimum atomic E-state index is -0.670. The van der Waals surface area contributed by atoms with Crippen molar-refractivity contribution in [1.29, 1.82) is 0 Å². The molecule has 18 heavy (non-hydrogen) atoms. The molecule has 0 radical (unpaired) electrons. The maximum atomic E-state index is 10.0. The Hall–Kier alpha value is -1.71. The fourth-order valence-corrected chi connectivity index (χ4v) is 1.35. The van der Waals surface area contributed by atoms with Crippen LogP contribution in [0, 0.1) is 0 Å². The number of benzene rings is 1. The molecule has 1 aromatic carbocycles. The first-order valence-electron chi connectivity index (χ1n) is 6.32. The lowest BCUT2D eigenvalue weighted by molar-refractivity contribution is -0.137. The molecule has 0 spiro atoms. The molecule has 0 amide bonds. The third-order valence-electron chi connectivity index (χ3n) is 2.39. The second-order valence-electron chi connectivity index (χ2n) is 4.15. The smallest absolute Gasteiger partial charge is 0.303 e. The maximum Gasteiger partial charge on any atom is 0.303 e. The Kier molecular flexibility index (Phi) is 9.45. The van der Waals surface area contributed by atoms with Gasteiger partial charge in [0.25, 0.3) is 0 Å². The predicted molar refractivity (Wildman–Crippen MR) is 73.5 cm³/mol. The van der Waals surface area contributed by atoms with Crippen LogP contribution in [0.5, 0.6) is 5.75 Å². The number of carboxylic acid groups (broad SMARTS) is 1. The van der Waals surface area contributed by atoms with Crippen molar-refractivity contribution in [3.63, 3.8) is 0 Å². The summed E-state index contributed by atoms with van der Waals surface area (Å²) < 4.78 is 0. The fourth-order valence-electron chi connectivity index (χ4n) is 1.35. The first-order chi connectivity index (χ1) is 8.56. The van der Waals surface area contributed by atoms with Gasteiger partial charge in [-0.2, -0.15) is 0 Å². The highest BCUT2D eigenvalue weighted by molar-refractivity contribution is 5.66. The number of rotatable bonds is 6. The average molecular weight is 253 g/mol. The van der Waals surface area contributed by atoms with Crippen molar-refractivity contribution in [3.05, 3.63) is 24.3 Å². The largest absolute Gasteiger partial charge is 0.508 e. The van der Waals surface area contributed by atoms with E-state index in [9.17, 15) is 4.79 Å². The summed E-state index contributed by atoms with van der Waals surface area (Å²) >= 11 is 0. The summed E-state index contributed by atoms with van der Waals surface area (Å²) in [6.07, 6.45) is 5.88. The molecule has 0 aliphatic heterocycles. The van der Waals surface area contributed by atoms with Crippen LogP contribution in [0.4, 0.5) is 5.69 Å². The minimum Gasteiger partial charge on any atom is -0.508 e. The Morgan fingerprint density at radius 3 is 2.11 bits per heavy atom. The van der Waals surface area contributed by atoms with Gasteiger partial charge in [0.05, 0.1) is 0 Å². The van der Waals surface area contributed by atoms with Gasteiger partial charge in [0, 0.05) is 12.1 Å². The van der Waals surface area contributed by atoms with Crippen molar-refractivity contribution in [2.24, 2.45) is 0 Å². The van der Waals surface area contributed by atoms with Crippen LogP contribution in [0.2, 0.25) is 0 Å². The third kappa shape index (κ3) is 10.8. The summed E-state index contributed by atoms with van der Waals surface area (Å²) in [6.45, 7) is 2.15. The number of nitrogens with two attached hydrogens (primary N) is 1. The van der Waals surface area contributed by atoms with E-state index in [2.05, 4.69) is 6.92 Å². The number of aliphatic carboxylic acids is 1. The lowest BCUT2D eigenvalue weighted by Gasteiger charge is -1.95. The molecule has 4 nitrogen and oxygen atoms in total. The van der Waals surface area contributed by atoms with Gasteiger partial charge in [-0.25, -0.2) is 0 Å². The van der Waals surface area contributed by atoms with Crippen LogP contribution in [-0.4, -0.2) is 16.2 Å². The highest BCUT2D eigenvalue weighted by Gasteiger charge is 1.94. The zero-order chi connectivity index (χ0) is 13.8. The number of hydrogen-bond donors (Lipinski definition) is 3. The highest BCUT2D eigenvalue weighted by atomic mass is 16.4. The molecule has 0 aromatic heterocycles. The molecule has 0 saturated carbocycles. The van der Waals surface area contributed by atoms with E-state index in [-0.39, 0.29) is 5.75 Å². The maximum absolute atomic E-state index is 10.0. The van der Waals surface area contributed by atoms with E-state index >= 15 is 0 Å². The van der Waals surface area contributed by atoms with E-state index in [0.29, 0.717) is 12.1 Å². The topological polar surface area (TPSA) is 83.5 Å². The van der Waals surface area contributed by atoms with E-state index in [1.165, 1.54) is 19.3 Å². The highest BCUT2D eigenvalue weighted by Crippen LogP contribution is 2.09. The van der Waals surface area contributed by atoms with Crippen LogP contribution >= 0.6 is 0 Å². The molecule has 0 bridgehead atoms. The summed E-state index contributed by atoms with van der Waals surface area (Å²) in [7, 11) is 0. The van der Waals surface area contributed by atoms with E-state index in [0.717, 1.165) is 12.8 Å². The molecule has 0 unspecified atom stereocenters. The molecule has 0 aliphatic carbocycles. The number of hydrogen-bond acceptors (Lipinski definition) is 3. The van der Waals surface area contributed by atoms with Gasteiger partial charge in [-0.1, -0.05) is 32.6 Å². The van der Waals surface area contributed by atoms with E-state index in [1.807, 2.05) is 0 Å². The molecule has 0 atom stereocenters. The summed E-state index contributed by atoms with van der Waals surface area (Å²) in [6, 6.07) is 6.40. The van der Waals surface area contributed by atoms with Crippen LogP contribution in [0.1, 0.15) is 45.4 Å². The normalized spacial score (nSPS) is 9.39. The van der Waals surface area contributed by atoms with Crippen LogP contribution in [-0.2, 0) is 4.79 Å².